The Balaban J connectivity index is 1.94. The van der Waals surface area contributed by atoms with Crippen LogP contribution < -0.4 is 5.32 Å². The van der Waals surface area contributed by atoms with Gasteiger partial charge in [0.25, 0.3) is 0 Å². The predicted octanol–water partition coefficient (Wildman–Crippen LogP) is 3.61. The van der Waals surface area contributed by atoms with E-state index in [1.165, 1.54) is 5.56 Å². The number of likely N-dealkylation sites (N-methyl/N-ethyl adjacent to an activating group) is 1. The van der Waals surface area contributed by atoms with Crippen LogP contribution in [0.15, 0.2) is 21.8 Å². The quantitative estimate of drug-likeness (QED) is 0.316. The summed E-state index contributed by atoms with van der Waals surface area (Å²) < 4.78 is 11.1. The Bertz CT molecular complexity index is 555. The number of ether oxygens (including phenoxy) is 2. The third kappa shape index (κ3) is 7.89. The van der Waals surface area contributed by atoms with Gasteiger partial charge in [-0.1, -0.05) is 13.8 Å². The van der Waals surface area contributed by atoms with Crippen LogP contribution >= 0.6 is 11.3 Å². The van der Waals surface area contributed by atoms with E-state index in [9.17, 15) is 0 Å². The smallest absolute Gasteiger partial charge is 0.193 e. The van der Waals surface area contributed by atoms with Crippen molar-refractivity contribution in [2.24, 2.45) is 4.99 Å². The molecule has 1 aliphatic heterocycles. The summed E-state index contributed by atoms with van der Waals surface area (Å²) >= 11 is 1.77. The summed E-state index contributed by atoms with van der Waals surface area (Å²) in [6.45, 7) is 13.9. The van der Waals surface area contributed by atoms with Crippen LogP contribution in [0.5, 0.6) is 0 Å². The summed E-state index contributed by atoms with van der Waals surface area (Å²) in [4.78, 5) is 9.95. The van der Waals surface area contributed by atoms with Crippen molar-refractivity contribution in [2.45, 2.75) is 52.2 Å². The average Bonchev–Trinajstić information content (AvgIpc) is 3.28. The van der Waals surface area contributed by atoms with Crippen molar-refractivity contribution in [3.63, 3.8) is 0 Å². The molecule has 0 amide bonds. The van der Waals surface area contributed by atoms with Crippen molar-refractivity contribution in [1.29, 1.82) is 0 Å². The lowest BCUT2D eigenvalue weighted by Crippen LogP contribution is -2.47. The lowest BCUT2D eigenvalue weighted by atomic mass is 10.1. The first-order valence-corrected chi connectivity index (χ1v) is 12.1. The second kappa shape index (κ2) is 14.0. The molecule has 0 bridgehead atoms. The Morgan fingerprint density at radius 1 is 1.28 bits per heavy atom. The number of aliphatic imine (C=N–C) groups is 1. The molecule has 29 heavy (non-hydrogen) atoms. The van der Waals surface area contributed by atoms with E-state index in [0.717, 1.165) is 77.7 Å². The first-order chi connectivity index (χ1) is 14.2. The van der Waals surface area contributed by atoms with Crippen LogP contribution in [0.1, 0.15) is 51.6 Å². The fraction of sp³-hybridized carbons (Fsp3) is 0.773. The molecule has 0 aromatic carbocycles. The van der Waals surface area contributed by atoms with Crippen LogP contribution in [0, 0.1) is 0 Å². The van der Waals surface area contributed by atoms with E-state index in [4.69, 9.17) is 14.5 Å². The lowest BCUT2D eigenvalue weighted by Gasteiger charge is -2.35. The number of nitrogens with one attached hydrogen (secondary N) is 1. The van der Waals surface area contributed by atoms with Crippen molar-refractivity contribution in [2.75, 3.05) is 59.6 Å². The molecule has 6 nitrogen and oxygen atoms in total. The van der Waals surface area contributed by atoms with Crippen LogP contribution in [0.2, 0.25) is 0 Å². The number of hydrogen-bond acceptors (Lipinski definition) is 5. The van der Waals surface area contributed by atoms with Gasteiger partial charge in [0, 0.05) is 40.0 Å². The van der Waals surface area contributed by atoms with E-state index in [1.807, 2.05) is 0 Å². The van der Waals surface area contributed by atoms with E-state index in [0.29, 0.717) is 12.1 Å². The molecule has 1 unspecified atom stereocenters. The molecule has 1 fully saturated rings. The highest BCUT2D eigenvalue weighted by molar-refractivity contribution is 7.07. The fourth-order valence-corrected chi connectivity index (χ4v) is 4.55. The van der Waals surface area contributed by atoms with E-state index in [-0.39, 0.29) is 0 Å². The number of rotatable bonds is 12. The van der Waals surface area contributed by atoms with Crippen molar-refractivity contribution < 1.29 is 9.47 Å². The Morgan fingerprint density at radius 3 is 2.62 bits per heavy atom. The summed E-state index contributed by atoms with van der Waals surface area (Å²) in [5.41, 5.74) is 1.38. The van der Waals surface area contributed by atoms with Gasteiger partial charge >= 0.3 is 0 Å². The number of nitrogens with zero attached hydrogens (tertiary/aromatic N) is 3. The second-order valence-electron chi connectivity index (χ2n) is 7.39. The molecule has 0 saturated carbocycles. The number of likely N-dealkylation sites (tertiary alicyclic amines) is 1. The van der Waals surface area contributed by atoms with Gasteiger partial charge < -0.3 is 19.7 Å². The van der Waals surface area contributed by atoms with Crippen LogP contribution in [0.3, 0.4) is 0 Å². The molecule has 1 saturated heterocycles. The molecule has 1 N–H and O–H groups in total. The molecule has 7 heteroatoms. The monoisotopic (exact) mass is 424 g/mol. The molecular formula is C22H40N4O2S. The van der Waals surface area contributed by atoms with E-state index >= 15 is 0 Å². The minimum absolute atomic E-state index is 0.339. The first-order valence-electron chi connectivity index (χ1n) is 11.1. The zero-order valence-electron chi connectivity index (χ0n) is 18.7. The summed E-state index contributed by atoms with van der Waals surface area (Å²) in [7, 11) is 1.74. The molecule has 2 rings (SSSR count). The summed E-state index contributed by atoms with van der Waals surface area (Å²) in [6, 6.07) is 2.58. The fourth-order valence-electron chi connectivity index (χ4n) is 3.85. The number of methoxy groups -OCH3 is 1. The topological polar surface area (TPSA) is 49.3 Å². The maximum absolute atomic E-state index is 6.01. The molecule has 1 aliphatic rings. The van der Waals surface area contributed by atoms with E-state index in [2.05, 4.69) is 52.7 Å². The molecule has 0 radical (unpaired) electrons. The van der Waals surface area contributed by atoms with Crippen LogP contribution in [-0.4, -0.2) is 81.5 Å². The Labute approximate surface area is 181 Å². The number of piperidine rings is 1. The molecule has 0 aliphatic carbocycles. The third-order valence-corrected chi connectivity index (χ3v) is 6.22. The zero-order valence-corrected chi connectivity index (χ0v) is 19.5. The van der Waals surface area contributed by atoms with Crippen molar-refractivity contribution in [3.8, 4) is 0 Å². The largest absolute Gasteiger partial charge is 0.385 e. The zero-order chi connectivity index (χ0) is 20.9. The Morgan fingerprint density at radius 2 is 2.03 bits per heavy atom. The first kappa shape index (κ1) is 24.1. The molecule has 166 valence electrons. The van der Waals surface area contributed by atoms with Crippen molar-refractivity contribution in [1.82, 2.24) is 15.1 Å². The average molecular weight is 425 g/mol. The number of guanidine groups is 1. The number of hydrogen-bond donors (Lipinski definition) is 1. The molecule has 1 atom stereocenters. The van der Waals surface area contributed by atoms with Gasteiger partial charge in [-0.3, -0.25) is 9.89 Å². The second-order valence-corrected chi connectivity index (χ2v) is 8.17. The Kier molecular flexibility index (Phi) is 11.6. The summed E-state index contributed by atoms with van der Waals surface area (Å²) in [5, 5.41) is 7.93. The van der Waals surface area contributed by atoms with Crippen molar-refractivity contribution >= 4 is 17.3 Å². The standard InChI is InChI=1S/C22H40N4O2S/c1-5-23-22(26-12-9-20(10-13-26)28-15-8-14-27-4)24-17-21(25(6-2)7-3)19-11-16-29-18-19/h11,16,18,20-21H,5-10,12-15,17H2,1-4H3,(H,23,24). The highest BCUT2D eigenvalue weighted by Crippen LogP contribution is 2.23. The highest BCUT2D eigenvalue weighted by atomic mass is 32.1. The predicted molar refractivity (Wildman–Crippen MR) is 123 cm³/mol. The minimum Gasteiger partial charge on any atom is -0.385 e. The molecule has 1 aromatic heterocycles. The Hall–Kier alpha value is -1.15. The summed E-state index contributed by atoms with van der Waals surface area (Å²) in [5.74, 6) is 1.04. The molecule has 0 spiro atoms. The third-order valence-electron chi connectivity index (χ3n) is 5.52. The summed E-state index contributed by atoms with van der Waals surface area (Å²) in [6.07, 6.45) is 3.44. The van der Waals surface area contributed by atoms with Gasteiger partial charge in [-0.05, 0) is 61.7 Å². The molecule has 1 aromatic rings. The van der Waals surface area contributed by atoms with Crippen LogP contribution in [0.25, 0.3) is 0 Å². The molecule has 2 heterocycles. The van der Waals surface area contributed by atoms with E-state index in [1.54, 1.807) is 18.4 Å². The SMILES string of the molecule is CCNC(=NCC(c1ccsc1)N(CC)CC)N1CCC(OCCCOC)CC1. The lowest BCUT2D eigenvalue weighted by molar-refractivity contribution is 0.00988. The van der Waals surface area contributed by atoms with Gasteiger partial charge in [0.1, 0.15) is 0 Å². The maximum Gasteiger partial charge on any atom is 0.193 e. The van der Waals surface area contributed by atoms with E-state index < -0.39 is 0 Å². The number of thiophene rings is 1. The van der Waals surface area contributed by atoms with Gasteiger partial charge in [0.05, 0.1) is 18.7 Å². The highest BCUT2D eigenvalue weighted by Gasteiger charge is 2.23. The molecular weight excluding hydrogens is 384 g/mol. The normalized spacial score (nSPS) is 17.1. The van der Waals surface area contributed by atoms with Crippen molar-refractivity contribution in [3.05, 3.63) is 22.4 Å². The van der Waals surface area contributed by atoms with Gasteiger partial charge in [0.15, 0.2) is 5.96 Å². The van der Waals surface area contributed by atoms with Crippen LogP contribution in [0.4, 0.5) is 0 Å². The van der Waals surface area contributed by atoms with Gasteiger partial charge in [-0.15, -0.1) is 0 Å². The van der Waals surface area contributed by atoms with Crippen LogP contribution in [-0.2, 0) is 9.47 Å². The van der Waals surface area contributed by atoms with Gasteiger partial charge in [-0.2, -0.15) is 11.3 Å². The van der Waals surface area contributed by atoms with Gasteiger partial charge in [-0.25, -0.2) is 0 Å². The minimum atomic E-state index is 0.339. The van der Waals surface area contributed by atoms with Gasteiger partial charge in [0.2, 0.25) is 0 Å². The maximum atomic E-state index is 6.01.